The molecule has 0 aromatic heterocycles. The fraction of sp³-hybridized carbons (Fsp3) is 0.444. The molecule has 1 saturated heterocycles. The Morgan fingerprint density at radius 2 is 2.22 bits per heavy atom. The van der Waals surface area contributed by atoms with E-state index < -0.39 is 0 Å². The number of hydrogen-bond acceptors (Lipinski definition) is 3. The van der Waals surface area contributed by atoms with Crippen molar-refractivity contribution in [3.63, 3.8) is 0 Å². The van der Waals surface area contributed by atoms with Gasteiger partial charge in [-0.3, -0.25) is 9.59 Å². The van der Waals surface area contributed by atoms with Gasteiger partial charge >= 0.3 is 0 Å². The Hall–Kier alpha value is -2.14. The van der Waals surface area contributed by atoms with Crippen LogP contribution < -0.4 is 5.32 Å². The van der Waals surface area contributed by atoms with E-state index in [4.69, 9.17) is 4.74 Å². The molecule has 1 aromatic carbocycles. The molecule has 122 valence electrons. The number of likely N-dealkylation sites (tertiary alicyclic amines) is 1. The van der Waals surface area contributed by atoms with Crippen LogP contribution in [-0.4, -0.2) is 36.3 Å². The highest BCUT2D eigenvalue weighted by Gasteiger charge is 2.44. The van der Waals surface area contributed by atoms with Crippen LogP contribution in [0.15, 0.2) is 36.9 Å². The summed E-state index contributed by atoms with van der Waals surface area (Å²) in [6.45, 7) is 5.70. The van der Waals surface area contributed by atoms with Crippen molar-refractivity contribution < 1.29 is 14.3 Å². The van der Waals surface area contributed by atoms with Crippen LogP contribution in [0, 0.1) is 0 Å². The van der Waals surface area contributed by atoms with Gasteiger partial charge < -0.3 is 15.0 Å². The van der Waals surface area contributed by atoms with Crippen LogP contribution in [0.25, 0.3) is 0 Å². The molecule has 1 N–H and O–H groups in total. The monoisotopic (exact) mass is 314 g/mol. The van der Waals surface area contributed by atoms with Gasteiger partial charge in [0.15, 0.2) is 0 Å². The van der Waals surface area contributed by atoms with Crippen molar-refractivity contribution in [1.82, 2.24) is 10.2 Å². The van der Waals surface area contributed by atoms with Gasteiger partial charge in [0, 0.05) is 19.5 Å². The zero-order valence-corrected chi connectivity index (χ0v) is 13.2. The number of amides is 2. The third-order valence-corrected chi connectivity index (χ3v) is 4.64. The molecule has 1 fully saturated rings. The zero-order chi connectivity index (χ0) is 16.3. The third-order valence-electron chi connectivity index (χ3n) is 4.64. The second kappa shape index (κ2) is 6.54. The standard InChI is InChI=1S/C18H22N2O3/c1-2-16(21)19-10-8-17(22)20-11-5-9-18(13-20)15-7-4-3-6-14(15)12-23-18/h2-4,6-7H,1,5,8-13H2,(H,19,21). The molecule has 1 unspecified atom stereocenters. The minimum Gasteiger partial charge on any atom is -0.364 e. The van der Waals surface area contributed by atoms with Crippen LogP contribution >= 0.6 is 0 Å². The molecule has 23 heavy (non-hydrogen) atoms. The summed E-state index contributed by atoms with van der Waals surface area (Å²) >= 11 is 0. The van der Waals surface area contributed by atoms with Gasteiger partial charge in [0.05, 0.1) is 13.2 Å². The number of carbonyl (C=O) groups excluding carboxylic acids is 2. The van der Waals surface area contributed by atoms with Crippen molar-refractivity contribution >= 4 is 11.8 Å². The van der Waals surface area contributed by atoms with Crippen LogP contribution in [0.5, 0.6) is 0 Å². The van der Waals surface area contributed by atoms with Gasteiger partial charge in [0.25, 0.3) is 0 Å². The smallest absolute Gasteiger partial charge is 0.243 e. The lowest BCUT2D eigenvalue weighted by molar-refractivity contribution is -0.142. The van der Waals surface area contributed by atoms with Crippen molar-refractivity contribution in [3.05, 3.63) is 48.0 Å². The number of rotatable bonds is 4. The van der Waals surface area contributed by atoms with E-state index in [2.05, 4.69) is 24.0 Å². The summed E-state index contributed by atoms with van der Waals surface area (Å²) in [5, 5.41) is 2.64. The fourth-order valence-corrected chi connectivity index (χ4v) is 3.48. The van der Waals surface area contributed by atoms with E-state index in [-0.39, 0.29) is 17.4 Å². The molecule has 1 spiro atoms. The average molecular weight is 314 g/mol. The van der Waals surface area contributed by atoms with Gasteiger partial charge in [-0.25, -0.2) is 0 Å². The normalized spacial score (nSPS) is 22.7. The van der Waals surface area contributed by atoms with Crippen molar-refractivity contribution in [2.24, 2.45) is 0 Å². The zero-order valence-electron chi connectivity index (χ0n) is 13.2. The first-order valence-electron chi connectivity index (χ1n) is 8.05. The molecule has 2 heterocycles. The second-order valence-electron chi connectivity index (χ2n) is 6.10. The van der Waals surface area contributed by atoms with E-state index in [0.717, 1.165) is 19.4 Å². The Labute approximate surface area is 136 Å². The summed E-state index contributed by atoms with van der Waals surface area (Å²) in [6, 6.07) is 8.26. The van der Waals surface area contributed by atoms with Crippen LogP contribution in [0.4, 0.5) is 0 Å². The molecule has 5 nitrogen and oxygen atoms in total. The Morgan fingerprint density at radius 3 is 3.04 bits per heavy atom. The molecule has 1 atom stereocenters. The largest absolute Gasteiger partial charge is 0.364 e. The predicted octanol–water partition coefficient (Wildman–Crippen LogP) is 1.73. The summed E-state index contributed by atoms with van der Waals surface area (Å²) < 4.78 is 6.12. The molecule has 0 saturated carbocycles. The lowest BCUT2D eigenvalue weighted by atomic mass is 9.85. The predicted molar refractivity (Wildman–Crippen MR) is 86.5 cm³/mol. The maximum atomic E-state index is 12.4. The number of benzene rings is 1. The van der Waals surface area contributed by atoms with Gasteiger partial charge in [-0.15, -0.1) is 0 Å². The maximum Gasteiger partial charge on any atom is 0.243 e. The second-order valence-corrected chi connectivity index (χ2v) is 6.10. The Morgan fingerprint density at radius 1 is 1.39 bits per heavy atom. The van der Waals surface area contributed by atoms with Gasteiger partial charge in [0.2, 0.25) is 11.8 Å². The highest BCUT2D eigenvalue weighted by atomic mass is 16.5. The maximum absolute atomic E-state index is 12.4. The lowest BCUT2D eigenvalue weighted by Gasteiger charge is -2.40. The molecule has 1 aromatic rings. The SMILES string of the molecule is C=CC(=O)NCCC(=O)N1CCCC2(C1)OCc1ccccc12. The number of carbonyl (C=O) groups is 2. The van der Waals surface area contributed by atoms with Gasteiger partial charge in [-0.2, -0.15) is 0 Å². The molecule has 2 aliphatic rings. The minimum absolute atomic E-state index is 0.0569. The molecule has 5 heteroatoms. The van der Waals surface area contributed by atoms with Gasteiger partial charge in [-0.05, 0) is 30.0 Å². The topological polar surface area (TPSA) is 58.6 Å². The van der Waals surface area contributed by atoms with Crippen LogP contribution in [0.2, 0.25) is 0 Å². The first-order chi connectivity index (χ1) is 11.1. The summed E-state index contributed by atoms with van der Waals surface area (Å²) in [7, 11) is 0. The summed E-state index contributed by atoms with van der Waals surface area (Å²) in [5.74, 6) is -0.192. The Kier molecular flexibility index (Phi) is 4.48. The van der Waals surface area contributed by atoms with E-state index in [0.29, 0.717) is 26.1 Å². The molecular formula is C18H22N2O3. The molecular weight excluding hydrogens is 292 g/mol. The molecule has 0 radical (unpaired) electrons. The van der Waals surface area contributed by atoms with E-state index in [1.54, 1.807) is 0 Å². The summed E-state index contributed by atoms with van der Waals surface area (Å²) in [6.07, 6.45) is 3.39. The van der Waals surface area contributed by atoms with E-state index in [1.165, 1.54) is 17.2 Å². The number of nitrogens with zero attached hydrogens (tertiary/aromatic N) is 1. The Balaban J connectivity index is 1.64. The molecule has 2 aliphatic heterocycles. The van der Waals surface area contributed by atoms with Crippen molar-refractivity contribution in [1.29, 1.82) is 0 Å². The molecule has 0 aliphatic carbocycles. The molecule has 0 bridgehead atoms. The van der Waals surface area contributed by atoms with Crippen molar-refractivity contribution in [2.45, 2.75) is 31.5 Å². The highest BCUT2D eigenvalue weighted by Crippen LogP contribution is 2.42. The third kappa shape index (κ3) is 3.15. The van der Waals surface area contributed by atoms with Crippen LogP contribution in [-0.2, 0) is 26.5 Å². The lowest BCUT2D eigenvalue weighted by Crippen LogP contribution is -2.49. The van der Waals surface area contributed by atoms with E-state index in [9.17, 15) is 9.59 Å². The first kappa shape index (κ1) is 15.7. The number of fused-ring (bicyclic) bond motifs is 2. The number of ether oxygens (including phenoxy) is 1. The van der Waals surface area contributed by atoms with Crippen LogP contribution in [0.3, 0.4) is 0 Å². The average Bonchev–Trinajstić information content (AvgIpc) is 2.93. The quantitative estimate of drug-likeness (QED) is 0.861. The van der Waals surface area contributed by atoms with Crippen molar-refractivity contribution in [2.75, 3.05) is 19.6 Å². The number of piperidine rings is 1. The highest BCUT2D eigenvalue weighted by molar-refractivity contribution is 5.87. The van der Waals surface area contributed by atoms with Gasteiger partial charge in [-0.1, -0.05) is 30.8 Å². The minimum atomic E-state index is -0.352. The molecule has 2 amide bonds. The van der Waals surface area contributed by atoms with E-state index >= 15 is 0 Å². The Bertz CT molecular complexity index is 624. The first-order valence-corrected chi connectivity index (χ1v) is 8.05. The van der Waals surface area contributed by atoms with Gasteiger partial charge in [0.1, 0.15) is 5.60 Å². The van der Waals surface area contributed by atoms with Crippen LogP contribution in [0.1, 0.15) is 30.4 Å². The summed E-state index contributed by atoms with van der Waals surface area (Å²) in [4.78, 5) is 25.4. The molecule has 3 rings (SSSR count). The summed E-state index contributed by atoms with van der Waals surface area (Å²) in [5.41, 5.74) is 2.09. The number of nitrogens with one attached hydrogen (secondary N) is 1. The van der Waals surface area contributed by atoms with Crippen molar-refractivity contribution in [3.8, 4) is 0 Å². The van der Waals surface area contributed by atoms with E-state index in [1.807, 2.05) is 17.0 Å². The fourth-order valence-electron chi connectivity index (χ4n) is 3.48. The number of hydrogen-bond donors (Lipinski definition) is 1.